The van der Waals surface area contributed by atoms with Crippen LogP contribution in [0.3, 0.4) is 0 Å². The first-order chi connectivity index (χ1) is 8.42. The zero-order valence-electron chi connectivity index (χ0n) is 9.43. The third-order valence-electron chi connectivity index (χ3n) is 2.55. The molecule has 17 heavy (non-hydrogen) atoms. The number of benzene rings is 2. The lowest BCUT2D eigenvalue weighted by Gasteiger charge is -2.09. The van der Waals surface area contributed by atoms with E-state index in [1.165, 1.54) is 10.4 Å². The lowest BCUT2D eigenvalue weighted by molar-refractivity contribution is 1.74. The number of rotatable bonds is 2. The van der Waals surface area contributed by atoms with E-state index in [2.05, 4.69) is 65.9 Å². The zero-order valence-corrected chi connectivity index (χ0v) is 10.6. The van der Waals surface area contributed by atoms with Crippen LogP contribution in [0.1, 0.15) is 0 Å². The van der Waals surface area contributed by atoms with Crippen molar-refractivity contribution in [2.45, 2.75) is 0 Å². The summed E-state index contributed by atoms with van der Waals surface area (Å²) in [6.07, 6.45) is 5.23. The van der Waals surface area contributed by atoms with Crippen LogP contribution in [0.5, 0.6) is 0 Å². The Balaban J connectivity index is 2.44. The maximum atomic E-state index is 5.23. The molecule has 0 aliphatic carbocycles. The van der Waals surface area contributed by atoms with E-state index < -0.39 is 8.80 Å². The molecule has 2 aromatic carbocycles. The maximum Gasteiger partial charge on any atom is 0.185 e. The van der Waals surface area contributed by atoms with Crippen molar-refractivity contribution >= 4 is 19.2 Å². The Labute approximate surface area is 104 Å². The van der Waals surface area contributed by atoms with Crippen LogP contribution in [-0.4, -0.2) is 8.80 Å². The quantitative estimate of drug-likeness (QED) is 0.539. The van der Waals surface area contributed by atoms with E-state index in [9.17, 15) is 0 Å². The molecule has 0 radical (unpaired) electrons. The van der Waals surface area contributed by atoms with E-state index >= 15 is 0 Å². The molecule has 2 rings (SSSR count). The van der Waals surface area contributed by atoms with Gasteiger partial charge in [0.2, 0.25) is 0 Å². The Hall–Kier alpha value is -2.22. The van der Waals surface area contributed by atoms with Gasteiger partial charge in [0, 0.05) is 0 Å². The summed E-state index contributed by atoms with van der Waals surface area (Å²) in [4.78, 5) is 0. The van der Waals surface area contributed by atoms with Gasteiger partial charge in [-0.3, -0.25) is 0 Å². The van der Waals surface area contributed by atoms with Gasteiger partial charge in [0.1, 0.15) is 0 Å². The minimum absolute atomic E-state index is 1.31. The lowest BCUT2D eigenvalue weighted by atomic mass is 10.4. The van der Waals surface area contributed by atoms with Gasteiger partial charge in [0.05, 0.1) is 0 Å². The van der Waals surface area contributed by atoms with Crippen molar-refractivity contribution in [1.29, 1.82) is 0 Å². The molecular formula is C16H12Si. The molecule has 1 heteroatoms. The van der Waals surface area contributed by atoms with E-state index in [-0.39, 0.29) is 0 Å². The van der Waals surface area contributed by atoms with Crippen LogP contribution in [0.15, 0.2) is 60.7 Å². The number of terminal acetylenes is 1. The molecule has 0 N–H and O–H groups in total. The summed E-state index contributed by atoms with van der Waals surface area (Å²) in [5.41, 5.74) is 3.25. The Morgan fingerprint density at radius 2 is 1.24 bits per heavy atom. The SMILES string of the molecule is C#CC#C[SiH](c1ccccc1)c1ccccc1. The highest BCUT2D eigenvalue weighted by Crippen LogP contribution is 1.91. The molecule has 0 aliphatic rings. The molecule has 0 bridgehead atoms. The first kappa shape index (κ1) is 11.3. The molecule has 0 unspecified atom stereocenters. The molecule has 0 aromatic heterocycles. The van der Waals surface area contributed by atoms with Crippen molar-refractivity contribution in [1.82, 2.24) is 0 Å². The second kappa shape index (κ2) is 5.75. The van der Waals surface area contributed by atoms with Crippen LogP contribution in [0.2, 0.25) is 0 Å². The van der Waals surface area contributed by atoms with Crippen molar-refractivity contribution in [3.63, 3.8) is 0 Å². The molecule has 0 heterocycles. The molecule has 0 saturated carbocycles. The fraction of sp³-hybridized carbons (Fsp3) is 0. The van der Waals surface area contributed by atoms with E-state index in [1.54, 1.807) is 0 Å². The van der Waals surface area contributed by atoms with Crippen LogP contribution in [0, 0.1) is 23.8 Å². The average Bonchev–Trinajstić information content (AvgIpc) is 2.42. The minimum atomic E-state index is -1.47. The first-order valence-corrected chi connectivity index (χ1v) is 7.21. The highest BCUT2D eigenvalue weighted by atomic mass is 28.3. The summed E-state index contributed by atoms with van der Waals surface area (Å²) in [5.74, 6) is 5.20. The monoisotopic (exact) mass is 232 g/mol. The normalized spacial score (nSPS) is 9.18. The molecule has 0 amide bonds. The van der Waals surface area contributed by atoms with Crippen molar-refractivity contribution in [2.24, 2.45) is 0 Å². The predicted octanol–water partition coefficient (Wildman–Crippen LogP) is 1.20. The van der Waals surface area contributed by atoms with Gasteiger partial charge in [-0.2, -0.15) is 0 Å². The van der Waals surface area contributed by atoms with Crippen LogP contribution in [0.25, 0.3) is 0 Å². The van der Waals surface area contributed by atoms with E-state index in [0.717, 1.165) is 0 Å². The van der Waals surface area contributed by atoms with Crippen LogP contribution >= 0.6 is 0 Å². The topological polar surface area (TPSA) is 0 Å². The Bertz CT molecular complexity index is 528. The van der Waals surface area contributed by atoms with E-state index in [4.69, 9.17) is 6.42 Å². The van der Waals surface area contributed by atoms with Gasteiger partial charge in [0.15, 0.2) is 8.80 Å². The van der Waals surface area contributed by atoms with Crippen molar-refractivity contribution < 1.29 is 0 Å². The second-order valence-electron chi connectivity index (χ2n) is 3.67. The lowest BCUT2D eigenvalue weighted by Crippen LogP contribution is -2.41. The maximum absolute atomic E-state index is 5.23. The van der Waals surface area contributed by atoms with Crippen LogP contribution in [-0.2, 0) is 0 Å². The van der Waals surface area contributed by atoms with E-state index in [0.29, 0.717) is 0 Å². The molecule has 2 aromatic rings. The predicted molar refractivity (Wildman–Crippen MR) is 75.9 cm³/mol. The summed E-state index contributed by atoms with van der Waals surface area (Å²) < 4.78 is 0. The van der Waals surface area contributed by atoms with Gasteiger partial charge >= 0.3 is 0 Å². The van der Waals surface area contributed by atoms with Crippen LogP contribution in [0.4, 0.5) is 0 Å². The molecule has 0 saturated heterocycles. The standard InChI is InChI=1S/C16H12Si/c1-2-3-14-17(15-10-6-4-7-11-15)16-12-8-5-9-13-16/h1,4-13,17H. The molecular weight excluding hydrogens is 220 g/mol. The van der Waals surface area contributed by atoms with Gasteiger partial charge in [-0.25, -0.2) is 0 Å². The molecule has 0 aliphatic heterocycles. The highest BCUT2D eigenvalue weighted by Gasteiger charge is 2.12. The third-order valence-corrected chi connectivity index (χ3v) is 5.09. The Morgan fingerprint density at radius 3 is 1.65 bits per heavy atom. The second-order valence-corrected chi connectivity index (χ2v) is 6.16. The highest BCUT2D eigenvalue weighted by molar-refractivity contribution is 6.91. The van der Waals surface area contributed by atoms with Gasteiger partial charge in [-0.1, -0.05) is 60.7 Å². The smallest absolute Gasteiger partial charge is 0.110 e. The zero-order chi connectivity index (χ0) is 11.9. The summed E-state index contributed by atoms with van der Waals surface area (Å²) >= 11 is 0. The van der Waals surface area contributed by atoms with Gasteiger partial charge in [-0.15, -0.1) is 12.0 Å². The Morgan fingerprint density at radius 1 is 0.765 bits per heavy atom. The van der Waals surface area contributed by atoms with Crippen molar-refractivity contribution in [3.05, 3.63) is 60.7 Å². The molecule has 0 nitrogen and oxygen atoms in total. The van der Waals surface area contributed by atoms with Gasteiger partial charge < -0.3 is 0 Å². The summed E-state index contributed by atoms with van der Waals surface area (Å²) in [6.45, 7) is 0. The van der Waals surface area contributed by atoms with Crippen molar-refractivity contribution in [2.75, 3.05) is 0 Å². The largest absolute Gasteiger partial charge is 0.185 e. The molecule has 0 atom stereocenters. The van der Waals surface area contributed by atoms with Crippen molar-refractivity contribution in [3.8, 4) is 23.8 Å². The number of hydrogen-bond acceptors (Lipinski definition) is 0. The summed E-state index contributed by atoms with van der Waals surface area (Å²) in [6, 6.07) is 20.8. The third kappa shape index (κ3) is 2.88. The fourth-order valence-electron chi connectivity index (χ4n) is 1.76. The first-order valence-electron chi connectivity index (χ1n) is 5.48. The molecule has 80 valence electrons. The minimum Gasteiger partial charge on any atom is -0.110 e. The van der Waals surface area contributed by atoms with Gasteiger partial charge in [-0.05, 0) is 22.2 Å². The van der Waals surface area contributed by atoms with Gasteiger partial charge in [0.25, 0.3) is 0 Å². The Kier molecular flexibility index (Phi) is 3.81. The summed E-state index contributed by atoms with van der Waals surface area (Å²) in [7, 11) is -1.47. The fourth-order valence-corrected chi connectivity index (χ4v) is 3.92. The number of hydrogen-bond donors (Lipinski definition) is 0. The average molecular weight is 232 g/mol. The molecule has 0 fully saturated rings. The van der Waals surface area contributed by atoms with Crippen LogP contribution < -0.4 is 10.4 Å². The summed E-state index contributed by atoms with van der Waals surface area (Å²) in [5, 5.41) is 2.61. The molecule has 0 spiro atoms. The van der Waals surface area contributed by atoms with E-state index in [1.807, 2.05) is 12.1 Å².